The molecule has 0 aliphatic heterocycles. The van der Waals surface area contributed by atoms with Gasteiger partial charge in [-0.3, -0.25) is 0 Å². The molecule has 1 spiro atoms. The number of allylic oxidation sites excluding steroid dienone is 8. The van der Waals surface area contributed by atoms with Crippen LogP contribution in [0.1, 0.15) is 75.6 Å². The summed E-state index contributed by atoms with van der Waals surface area (Å²) in [6, 6.07) is 18.2. The Balaban J connectivity index is 0.000000485. The first kappa shape index (κ1) is 19.7. The standard InChI is InChI=1S/C25H20.2C2H6/c1-5-13-21-17(9-1)18-10-2-6-14-22(18)25(21)23-15-7-3-11-19(23)20-12-4-8-16-24(20)25;2*1-2/h1,3,5-7,9,11-16H,2,4,8,10H2;2*1-2H3. The van der Waals surface area contributed by atoms with Crippen molar-refractivity contribution in [2.45, 2.75) is 58.8 Å². The molecule has 1 unspecified atom stereocenters. The lowest BCUT2D eigenvalue weighted by Crippen LogP contribution is -2.27. The van der Waals surface area contributed by atoms with Crippen LogP contribution in [0.3, 0.4) is 0 Å². The van der Waals surface area contributed by atoms with E-state index in [-0.39, 0.29) is 5.41 Å². The van der Waals surface area contributed by atoms with Crippen LogP contribution in [0.5, 0.6) is 0 Å². The van der Waals surface area contributed by atoms with Gasteiger partial charge < -0.3 is 0 Å². The van der Waals surface area contributed by atoms with Crippen LogP contribution in [-0.4, -0.2) is 0 Å². The summed E-state index contributed by atoms with van der Waals surface area (Å²) in [5, 5.41) is 0. The lowest BCUT2D eigenvalue weighted by Gasteiger charge is -2.33. The van der Waals surface area contributed by atoms with Gasteiger partial charge in [-0.15, -0.1) is 0 Å². The van der Waals surface area contributed by atoms with Crippen molar-refractivity contribution in [1.82, 2.24) is 0 Å². The molecule has 2 aromatic rings. The number of benzene rings is 2. The average molecular weight is 381 g/mol. The van der Waals surface area contributed by atoms with Crippen molar-refractivity contribution >= 4 is 11.1 Å². The molecule has 6 rings (SSSR count). The highest BCUT2D eigenvalue weighted by molar-refractivity contribution is 6.00. The third kappa shape index (κ3) is 2.58. The van der Waals surface area contributed by atoms with E-state index in [1.807, 2.05) is 27.7 Å². The van der Waals surface area contributed by atoms with Crippen LogP contribution in [-0.2, 0) is 5.41 Å². The Bertz CT molecular complexity index is 1040. The molecular formula is C29H32. The van der Waals surface area contributed by atoms with Gasteiger partial charge in [0.25, 0.3) is 0 Å². The Labute approximate surface area is 176 Å². The molecule has 0 aromatic heterocycles. The summed E-state index contributed by atoms with van der Waals surface area (Å²) in [6.07, 6.45) is 14.4. The van der Waals surface area contributed by atoms with Crippen molar-refractivity contribution in [3.8, 4) is 0 Å². The molecule has 0 saturated heterocycles. The van der Waals surface area contributed by atoms with Crippen LogP contribution in [0.25, 0.3) is 11.1 Å². The zero-order valence-corrected chi connectivity index (χ0v) is 18.3. The van der Waals surface area contributed by atoms with E-state index >= 15 is 0 Å². The predicted molar refractivity (Wildman–Crippen MR) is 127 cm³/mol. The van der Waals surface area contributed by atoms with E-state index in [9.17, 15) is 0 Å². The van der Waals surface area contributed by atoms with Crippen LogP contribution >= 0.6 is 0 Å². The zero-order chi connectivity index (χ0) is 20.4. The lowest BCUT2D eigenvalue weighted by atomic mass is 9.68. The molecule has 0 heteroatoms. The fourth-order valence-electron chi connectivity index (χ4n) is 5.57. The van der Waals surface area contributed by atoms with Gasteiger partial charge in [0.05, 0.1) is 5.41 Å². The van der Waals surface area contributed by atoms with Gasteiger partial charge >= 0.3 is 0 Å². The second kappa shape index (κ2) is 8.03. The maximum absolute atomic E-state index is 2.52. The van der Waals surface area contributed by atoms with Gasteiger partial charge in [0.1, 0.15) is 0 Å². The first-order chi connectivity index (χ1) is 14.4. The van der Waals surface area contributed by atoms with Crippen LogP contribution < -0.4 is 0 Å². The molecule has 0 saturated carbocycles. The number of fused-ring (bicyclic) bond motifs is 9. The minimum atomic E-state index is -0.0777. The van der Waals surface area contributed by atoms with Crippen molar-refractivity contribution in [2.24, 2.45) is 0 Å². The van der Waals surface area contributed by atoms with E-state index in [2.05, 4.69) is 72.8 Å². The monoisotopic (exact) mass is 380 g/mol. The van der Waals surface area contributed by atoms with Crippen LogP contribution in [0.4, 0.5) is 0 Å². The van der Waals surface area contributed by atoms with Crippen LogP contribution in [0.2, 0.25) is 0 Å². The Morgan fingerprint density at radius 3 is 2.07 bits per heavy atom. The van der Waals surface area contributed by atoms with Gasteiger partial charge in [0.15, 0.2) is 0 Å². The van der Waals surface area contributed by atoms with Gasteiger partial charge in [-0.2, -0.15) is 0 Å². The number of hydrogen-bond donors (Lipinski definition) is 0. The van der Waals surface area contributed by atoms with Crippen molar-refractivity contribution in [3.05, 3.63) is 106 Å². The molecular weight excluding hydrogens is 348 g/mol. The summed E-state index contributed by atoms with van der Waals surface area (Å²) < 4.78 is 0. The summed E-state index contributed by atoms with van der Waals surface area (Å²) in [4.78, 5) is 0. The predicted octanol–water partition coefficient (Wildman–Crippen LogP) is 8.26. The van der Waals surface area contributed by atoms with E-state index in [0.29, 0.717) is 0 Å². The second-order valence-electron chi connectivity index (χ2n) is 7.49. The smallest absolute Gasteiger partial charge is 0.0719 e. The molecule has 148 valence electrons. The number of hydrogen-bond acceptors (Lipinski definition) is 0. The summed E-state index contributed by atoms with van der Waals surface area (Å²) in [5.41, 5.74) is 11.9. The summed E-state index contributed by atoms with van der Waals surface area (Å²) in [7, 11) is 0. The Morgan fingerprint density at radius 1 is 0.690 bits per heavy atom. The molecule has 2 aromatic carbocycles. The molecule has 0 heterocycles. The first-order valence-corrected chi connectivity index (χ1v) is 11.4. The molecule has 0 amide bonds. The highest BCUT2D eigenvalue weighted by Crippen LogP contribution is 2.64. The van der Waals surface area contributed by atoms with Crippen molar-refractivity contribution in [1.29, 1.82) is 0 Å². The number of rotatable bonds is 0. The average Bonchev–Trinajstić information content (AvgIpc) is 3.29. The molecule has 4 aliphatic carbocycles. The summed E-state index contributed by atoms with van der Waals surface area (Å²) in [6.45, 7) is 8.00. The quantitative estimate of drug-likeness (QED) is 0.431. The molecule has 29 heavy (non-hydrogen) atoms. The summed E-state index contributed by atoms with van der Waals surface area (Å²) >= 11 is 0. The van der Waals surface area contributed by atoms with Crippen LogP contribution in [0.15, 0.2) is 84.0 Å². The highest BCUT2D eigenvalue weighted by atomic mass is 14.5. The maximum Gasteiger partial charge on any atom is 0.0719 e. The van der Waals surface area contributed by atoms with Gasteiger partial charge in [0, 0.05) is 0 Å². The fourth-order valence-corrected chi connectivity index (χ4v) is 5.57. The van der Waals surface area contributed by atoms with Crippen molar-refractivity contribution in [2.75, 3.05) is 0 Å². The molecule has 0 fully saturated rings. The van der Waals surface area contributed by atoms with Gasteiger partial charge in [0.2, 0.25) is 0 Å². The third-order valence-electron chi connectivity index (χ3n) is 6.41. The minimum absolute atomic E-state index is 0.0777. The molecule has 0 bridgehead atoms. The van der Waals surface area contributed by atoms with Crippen molar-refractivity contribution < 1.29 is 0 Å². The van der Waals surface area contributed by atoms with Gasteiger partial charge in [-0.05, 0) is 70.2 Å². The van der Waals surface area contributed by atoms with Gasteiger partial charge in [-0.1, -0.05) is 101 Å². The van der Waals surface area contributed by atoms with E-state index in [1.54, 1.807) is 5.57 Å². The largest absolute Gasteiger partial charge is 0.0839 e. The molecule has 1 atom stereocenters. The normalized spacial score (nSPS) is 22.2. The van der Waals surface area contributed by atoms with E-state index < -0.39 is 0 Å². The molecule has 0 nitrogen and oxygen atoms in total. The Hall–Kier alpha value is -2.60. The maximum atomic E-state index is 2.52. The van der Waals surface area contributed by atoms with E-state index in [4.69, 9.17) is 0 Å². The fraction of sp³-hybridized carbons (Fsp3) is 0.310. The molecule has 0 N–H and O–H groups in total. The zero-order valence-electron chi connectivity index (χ0n) is 18.3. The van der Waals surface area contributed by atoms with Crippen molar-refractivity contribution in [3.63, 3.8) is 0 Å². The SMILES string of the molecule is C1=CC2=C(CC1)c1ccccc1C21C2=CCCC=C2c2ccccc21.CC.CC. The lowest BCUT2D eigenvalue weighted by molar-refractivity contribution is 0.770. The second-order valence-corrected chi connectivity index (χ2v) is 7.49. The third-order valence-corrected chi connectivity index (χ3v) is 6.41. The minimum Gasteiger partial charge on any atom is -0.0839 e. The highest BCUT2D eigenvalue weighted by Gasteiger charge is 2.53. The first-order valence-electron chi connectivity index (χ1n) is 11.4. The Morgan fingerprint density at radius 2 is 1.31 bits per heavy atom. The van der Waals surface area contributed by atoms with Crippen LogP contribution in [0, 0.1) is 0 Å². The Kier molecular flexibility index (Phi) is 5.46. The molecule has 0 radical (unpaired) electrons. The van der Waals surface area contributed by atoms with E-state index in [0.717, 1.165) is 19.3 Å². The summed E-state index contributed by atoms with van der Waals surface area (Å²) in [5.74, 6) is 0. The van der Waals surface area contributed by atoms with E-state index in [1.165, 1.54) is 45.4 Å². The van der Waals surface area contributed by atoms with Gasteiger partial charge in [-0.25, -0.2) is 0 Å². The topological polar surface area (TPSA) is 0 Å². The molecule has 4 aliphatic rings.